The fraction of sp³-hybridized carbons (Fsp3) is 0.0714. The average Bonchev–Trinajstić information content (AvgIpc) is 2.40. The lowest BCUT2D eigenvalue weighted by Crippen LogP contribution is -2.07. The summed E-state index contributed by atoms with van der Waals surface area (Å²) >= 11 is 5.77. The molecule has 0 amide bonds. The van der Waals surface area contributed by atoms with E-state index in [-0.39, 0.29) is 5.78 Å². The van der Waals surface area contributed by atoms with Gasteiger partial charge in [0.1, 0.15) is 5.71 Å². The summed E-state index contributed by atoms with van der Waals surface area (Å²) in [5, 5.41) is 4.13. The van der Waals surface area contributed by atoms with Crippen molar-refractivity contribution in [1.29, 1.82) is 0 Å². The van der Waals surface area contributed by atoms with Gasteiger partial charge < -0.3 is 4.84 Å². The molecule has 0 saturated carbocycles. The number of nitrogens with zero attached hydrogens (tertiary/aromatic N) is 1. The van der Waals surface area contributed by atoms with Gasteiger partial charge >= 0.3 is 5.97 Å². The van der Waals surface area contributed by atoms with Crippen molar-refractivity contribution in [2.45, 2.75) is 6.92 Å². The first-order chi connectivity index (χ1) is 9.06. The molecule has 0 heterocycles. The topological polar surface area (TPSA) is 55.7 Å². The molecular formula is C14H10ClNO3. The number of halogens is 1. The Hall–Kier alpha value is -2.20. The first-order valence-electron chi connectivity index (χ1n) is 5.52. The lowest BCUT2D eigenvalue weighted by Gasteiger charge is -2.03. The molecule has 1 aliphatic rings. The van der Waals surface area contributed by atoms with Gasteiger partial charge in [-0.2, -0.15) is 0 Å². The van der Waals surface area contributed by atoms with Crippen LogP contribution in [0.5, 0.6) is 0 Å². The maximum atomic E-state index is 11.7. The maximum Gasteiger partial charge on any atom is 0.365 e. The molecule has 1 aliphatic carbocycles. The quantitative estimate of drug-likeness (QED) is 0.474. The molecule has 0 aliphatic heterocycles. The number of oxime groups is 1. The van der Waals surface area contributed by atoms with E-state index in [4.69, 9.17) is 16.4 Å². The van der Waals surface area contributed by atoms with E-state index in [1.54, 1.807) is 31.2 Å². The molecule has 0 bridgehead atoms. The number of carbonyl (C=O) groups is 2. The Balaban J connectivity index is 2.09. The normalized spacial score (nSPS) is 16.4. The second-order valence-corrected chi connectivity index (χ2v) is 4.37. The van der Waals surface area contributed by atoms with Crippen LogP contribution in [0.4, 0.5) is 0 Å². The van der Waals surface area contributed by atoms with E-state index < -0.39 is 5.97 Å². The minimum atomic E-state index is -0.605. The Kier molecular flexibility index (Phi) is 3.92. The number of hydrogen-bond donors (Lipinski definition) is 0. The van der Waals surface area contributed by atoms with Gasteiger partial charge in [-0.3, -0.25) is 4.79 Å². The molecule has 0 fully saturated rings. The van der Waals surface area contributed by atoms with Gasteiger partial charge in [-0.15, -0.1) is 0 Å². The monoisotopic (exact) mass is 275 g/mol. The second kappa shape index (κ2) is 5.63. The lowest BCUT2D eigenvalue weighted by molar-refractivity contribution is -0.111. The minimum absolute atomic E-state index is 0.0832. The van der Waals surface area contributed by atoms with Gasteiger partial charge in [0.05, 0.1) is 5.56 Å². The van der Waals surface area contributed by atoms with Crippen LogP contribution in [-0.2, 0) is 9.63 Å². The Labute approximate surface area is 115 Å². The molecule has 0 atom stereocenters. The molecule has 4 nitrogen and oxygen atoms in total. The van der Waals surface area contributed by atoms with Gasteiger partial charge in [0.15, 0.2) is 5.78 Å². The molecule has 19 heavy (non-hydrogen) atoms. The van der Waals surface area contributed by atoms with Crippen molar-refractivity contribution in [3.63, 3.8) is 0 Å². The number of carbonyl (C=O) groups excluding carboxylic acids is 2. The molecule has 96 valence electrons. The van der Waals surface area contributed by atoms with E-state index in [1.807, 2.05) is 0 Å². The van der Waals surface area contributed by atoms with Crippen LogP contribution < -0.4 is 0 Å². The maximum absolute atomic E-state index is 11.7. The molecule has 0 unspecified atom stereocenters. The summed E-state index contributed by atoms with van der Waals surface area (Å²) in [5.74, 6) is -0.688. The Morgan fingerprint density at radius 1 is 1.32 bits per heavy atom. The van der Waals surface area contributed by atoms with E-state index in [0.717, 1.165) is 0 Å². The summed E-state index contributed by atoms with van der Waals surface area (Å²) in [6.07, 6.45) is 4.41. The van der Waals surface area contributed by atoms with E-state index >= 15 is 0 Å². The van der Waals surface area contributed by atoms with Crippen molar-refractivity contribution < 1.29 is 14.4 Å². The van der Waals surface area contributed by atoms with Gasteiger partial charge in [-0.25, -0.2) is 4.79 Å². The van der Waals surface area contributed by atoms with Crippen LogP contribution in [0, 0.1) is 0 Å². The highest BCUT2D eigenvalue weighted by Crippen LogP contribution is 2.12. The minimum Gasteiger partial charge on any atom is -0.312 e. The molecule has 0 N–H and O–H groups in total. The van der Waals surface area contributed by atoms with Crippen molar-refractivity contribution >= 4 is 29.1 Å². The molecule has 0 aromatic heterocycles. The number of ketones is 1. The van der Waals surface area contributed by atoms with Crippen molar-refractivity contribution in [3.05, 3.63) is 58.7 Å². The predicted octanol–water partition coefficient (Wildman–Crippen LogP) is 2.94. The third-order valence-corrected chi connectivity index (χ3v) is 2.69. The van der Waals surface area contributed by atoms with Crippen LogP contribution in [0.15, 0.2) is 53.2 Å². The van der Waals surface area contributed by atoms with Gasteiger partial charge in [-0.05, 0) is 48.9 Å². The van der Waals surface area contributed by atoms with E-state index in [9.17, 15) is 9.59 Å². The molecule has 0 spiro atoms. The van der Waals surface area contributed by atoms with Gasteiger partial charge in [-0.1, -0.05) is 22.8 Å². The number of allylic oxidation sites excluding steroid dienone is 4. The molecule has 2 rings (SSSR count). The Bertz CT molecular complexity index is 629. The van der Waals surface area contributed by atoms with Crippen LogP contribution in [0.2, 0.25) is 5.02 Å². The fourth-order valence-corrected chi connectivity index (χ4v) is 1.64. The second-order valence-electron chi connectivity index (χ2n) is 3.93. The molecule has 0 saturated heterocycles. The van der Waals surface area contributed by atoms with Gasteiger partial charge in [0.2, 0.25) is 0 Å². The summed E-state index contributed by atoms with van der Waals surface area (Å²) in [4.78, 5) is 27.7. The van der Waals surface area contributed by atoms with Gasteiger partial charge in [0.25, 0.3) is 0 Å². The Morgan fingerprint density at radius 2 is 2.11 bits per heavy atom. The Morgan fingerprint density at radius 3 is 2.79 bits per heavy atom. The first-order valence-corrected chi connectivity index (χ1v) is 5.89. The van der Waals surface area contributed by atoms with Crippen LogP contribution in [0.3, 0.4) is 0 Å². The van der Waals surface area contributed by atoms with Crippen molar-refractivity contribution in [3.8, 4) is 0 Å². The van der Waals surface area contributed by atoms with Crippen LogP contribution in [0.1, 0.15) is 17.3 Å². The highest BCUT2D eigenvalue weighted by atomic mass is 35.5. The molecule has 5 heteroatoms. The van der Waals surface area contributed by atoms with Crippen LogP contribution in [0.25, 0.3) is 0 Å². The summed E-state index contributed by atoms with van der Waals surface area (Å²) < 4.78 is 0. The van der Waals surface area contributed by atoms with Crippen molar-refractivity contribution in [2.24, 2.45) is 5.16 Å². The largest absolute Gasteiger partial charge is 0.365 e. The van der Waals surface area contributed by atoms with Crippen molar-refractivity contribution in [2.75, 3.05) is 0 Å². The third kappa shape index (κ3) is 3.39. The van der Waals surface area contributed by atoms with Crippen LogP contribution in [-0.4, -0.2) is 17.5 Å². The molecular weight excluding hydrogens is 266 g/mol. The fourth-order valence-electron chi connectivity index (χ4n) is 1.45. The number of hydrogen-bond acceptors (Lipinski definition) is 4. The highest BCUT2D eigenvalue weighted by Gasteiger charge is 2.10. The van der Waals surface area contributed by atoms with E-state index in [0.29, 0.717) is 21.9 Å². The van der Waals surface area contributed by atoms with E-state index in [1.165, 1.54) is 18.2 Å². The number of rotatable bonds is 2. The summed E-state index contributed by atoms with van der Waals surface area (Å²) in [6.45, 7) is 1.67. The summed E-state index contributed by atoms with van der Waals surface area (Å²) in [5.41, 5.74) is 1.26. The van der Waals surface area contributed by atoms with Crippen molar-refractivity contribution in [1.82, 2.24) is 0 Å². The average molecular weight is 276 g/mol. The molecule has 1 aromatic carbocycles. The lowest BCUT2D eigenvalue weighted by atomic mass is 10.1. The summed E-state index contributed by atoms with van der Waals surface area (Å²) in [6, 6.07) is 6.38. The molecule has 0 radical (unpaired) electrons. The zero-order valence-corrected chi connectivity index (χ0v) is 10.8. The van der Waals surface area contributed by atoms with Crippen LogP contribution >= 0.6 is 11.6 Å². The standard InChI is InChI=1S/C14H10ClNO3/c1-9-7-12(5-6-13(9)17)16-19-14(18)10-3-2-4-11(15)8-10/h2-8H,1H3/b16-12+. The first kappa shape index (κ1) is 13.2. The molecule has 1 aromatic rings. The third-order valence-electron chi connectivity index (χ3n) is 2.45. The highest BCUT2D eigenvalue weighted by molar-refractivity contribution is 6.30. The van der Waals surface area contributed by atoms with E-state index in [2.05, 4.69) is 5.16 Å². The van der Waals surface area contributed by atoms with Gasteiger partial charge in [0, 0.05) is 5.02 Å². The SMILES string of the molecule is CC1=C/C(=N/OC(=O)c2cccc(Cl)c2)C=CC1=O. The zero-order chi connectivity index (χ0) is 13.8. The zero-order valence-electron chi connectivity index (χ0n) is 10.1. The predicted molar refractivity (Wildman–Crippen MR) is 72.2 cm³/mol. The smallest absolute Gasteiger partial charge is 0.312 e. The number of benzene rings is 1. The summed E-state index contributed by atoms with van der Waals surface area (Å²) in [7, 11) is 0.